The fourth-order valence-electron chi connectivity index (χ4n) is 2.69. The fourth-order valence-corrected chi connectivity index (χ4v) is 2.69. The molecular formula is C20H20N2O3. The van der Waals surface area contributed by atoms with E-state index in [1.165, 1.54) is 7.05 Å². The molecule has 2 amide bonds. The number of aryl methyl sites for hydroxylation is 1. The minimum absolute atomic E-state index is 0.292. The van der Waals surface area contributed by atoms with Gasteiger partial charge in [-0.15, -0.1) is 0 Å². The molecule has 0 saturated carbocycles. The normalized spacial score (nSPS) is 14.3. The summed E-state index contributed by atoms with van der Waals surface area (Å²) in [6, 6.07) is 14.8. The van der Waals surface area contributed by atoms with Crippen molar-refractivity contribution in [1.82, 2.24) is 4.90 Å². The van der Waals surface area contributed by atoms with E-state index >= 15 is 0 Å². The molecule has 25 heavy (non-hydrogen) atoms. The van der Waals surface area contributed by atoms with Crippen LogP contribution in [0.4, 0.5) is 5.69 Å². The zero-order valence-corrected chi connectivity index (χ0v) is 14.5. The number of hydrogen-bond donors (Lipinski definition) is 1. The maximum Gasteiger partial charge on any atom is 0.277 e. The van der Waals surface area contributed by atoms with E-state index in [0.717, 1.165) is 21.9 Å². The van der Waals surface area contributed by atoms with E-state index in [0.29, 0.717) is 23.4 Å². The summed E-state index contributed by atoms with van der Waals surface area (Å²) in [6.45, 7) is 4.48. The van der Waals surface area contributed by atoms with Gasteiger partial charge in [-0.2, -0.15) is 0 Å². The topological polar surface area (TPSA) is 58.6 Å². The fraction of sp³-hybridized carbons (Fsp3) is 0.200. The standard InChI is InChI=1S/C20H20N2O3/c1-4-25-16-11-7-14(8-12-16)17-18(20(24)22(3)19(17)23)21-15-9-5-13(2)6-10-15/h5-12,21H,4H2,1-3H3. The second kappa shape index (κ2) is 6.81. The smallest absolute Gasteiger partial charge is 0.277 e. The third kappa shape index (κ3) is 3.26. The third-order valence-electron chi connectivity index (χ3n) is 4.06. The number of likely N-dealkylation sites (N-methyl/N-ethyl adjacent to an activating group) is 1. The quantitative estimate of drug-likeness (QED) is 0.852. The molecule has 5 heteroatoms. The number of carbonyl (C=O) groups is 2. The Balaban J connectivity index is 2.00. The van der Waals surface area contributed by atoms with Crippen molar-refractivity contribution in [3.63, 3.8) is 0 Å². The monoisotopic (exact) mass is 336 g/mol. The van der Waals surface area contributed by atoms with Gasteiger partial charge < -0.3 is 10.1 Å². The lowest BCUT2D eigenvalue weighted by Gasteiger charge is -2.09. The zero-order chi connectivity index (χ0) is 18.0. The molecule has 1 aliphatic heterocycles. The van der Waals surface area contributed by atoms with Crippen molar-refractivity contribution >= 4 is 23.1 Å². The van der Waals surface area contributed by atoms with Gasteiger partial charge in [0, 0.05) is 12.7 Å². The Hall–Kier alpha value is -3.08. The largest absolute Gasteiger partial charge is 0.494 e. The summed E-state index contributed by atoms with van der Waals surface area (Å²) in [5.41, 5.74) is 3.23. The average Bonchev–Trinajstić information content (AvgIpc) is 2.82. The lowest BCUT2D eigenvalue weighted by Crippen LogP contribution is -2.27. The minimum atomic E-state index is -0.338. The molecule has 0 spiro atoms. The molecule has 1 heterocycles. The summed E-state index contributed by atoms with van der Waals surface area (Å²) in [4.78, 5) is 26.2. The average molecular weight is 336 g/mol. The molecular weight excluding hydrogens is 316 g/mol. The van der Waals surface area contributed by atoms with Gasteiger partial charge in [0.2, 0.25) is 0 Å². The summed E-state index contributed by atoms with van der Waals surface area (Å²) in [5, 5.41) is 3.10. The molecule has 0 aliphatic carbocycles. The highest BCUT2D eigenvalue weighted by molar-refractivity contribution is 6.36. The first-order chi connectivity index (χ1) is 12.0. The summed E-state index contributed by atoms with van der Waals surface area (Å²) in [6.07, 6.45) is 0. The van der Waals surface area contributed by atoms with Crippen LogP contribution in [0, 0.1) is 6.92 Å². The van der Waals surface area contributed by atoms with E-state index in [9.17, 15) is 9.59 Å². The van der Waals surface area contributed by atoms with Crippen LogP contribution in [0.1, 0.15) is 18.1 Å². The Morgan fingerprint density at radius 1 is 0.960 bits per heavy atom. The number of imide groups is 1. The van der Waals surface area contributed by atoms with Crippen LogP contribution in [0.3, 0.4) is 0 Å². The number of nitrogens with zero attached hydrogens (tertiary/aromatic N) is 1. The Bertz CT molecular complexity index is 836. The lowest BCUT2D eigenvalue weighted by molar-refractivity contribution is -0.135. The highest BCUT2D eigenvalue weighted by Crippen LogP contribution is 2.30. The summed E-state index contributed by atoms with van der Waals surface area (Å²) < 4.78 is 5.43. The summed E-state index contributed by atoms with van der Waals surface area (Å²) in [7, 11) is 1.49. The van der Waals surface area contributed by atoms with Gasteiger partial charge >= 0.3 is 0 Å². The molecule has 0 fully saturated rings. The number of ether oxygens (including phenoxy) is 1. The van der Waals surface area contributed by atoms with Gasteiger partial charge in [-0.05, 0) is 43.7 Å². The van der Waals surface area contributed by atoms with Gasteiger partial charge in [0.05, 0.1) is 12.2 Å². The van der Waals surface area contributed by atoms with Crippen molar-refractivity contribution in [1.29, 1.82) is 0 Å². The van der Waals surface area contributed by atoms with E-state index in [-0.39, 0.29) is 11.8 Å². The minimum Gasteiger partial charge on any atom is -0.494 e. The van der Waals surface area contributed by atoms with Crippen molar-refractivity contribution in [2.24, 2.45) is 0 Å². The van der Waals surface area contributed by atoms with Crippen LogP contribution in [-0.4, -0.2) is 30.4 Å². The van der Waals surface area contributed by atoms with Crippen molar-refractivity contribution in [2.75, 3.05) is 19.0 Å². The number of carbonyl (C=O) groups excluding carboxylic acids is 2. The van der Waals surface area contributed by atoms with E-state index in [1.807, 2.05) is 38.1 Å². The second-order valence-electron chi connectivity index (χ2n) is 5.87. The van der Waals surface area contributed by atoms with Crippen molar-refractivity contribution in [2.45, 2.75) is 13.8 Å². The maximum absolute atomic E-state index is 12.6. The summed E-state index contributed by atoms with van der Waals surface area (Å²) in [5.74, 6) is 0.0725. The molecule has 0 aromatic heterocycles. The first kappa shape index (κ1) is 16.8. The van der Waals surface area contributed by atoms with Gasteiger partial charge in [0.25, 0.3) is 11.8 Å². The molecule has 1 N–H and O–H groups in total. The van der Waals surface area contributed by atoms with E-state index < -0.39 is 0 Å². The summed E-state index contributed by atoms with van der Waals surface area (Å²) >= 11 is 0. The van der Waals surface area contributed by atoms with Crippen LogP contribution in [0.2, 0.25) is 0 Å². The van der Waals surface area contributed by atoms with Crippen LogP contribution in [0.5, 0.6) is 5.75 Å². The van der Waals surface area contributed by atoms with Crippen LogP contribution in [-0.2, 0) is 9.59 Å². The van der Waals surface area contributed by atoms with Crippen LogP contribution < -0.4 is 10.1 Å². The van der Waals surface area contributed by atoms with Crippen molar-refractivity contribution < 1.29 is 14.3 Å². The lowest BCUT2D eigenvalue weighted by atomic mass is 10.0. The molecule has 3 rings (SSSR count). The number of anilines is 1. The predicted octanol–water partition coefficient (Wildman–Crippen LogP) is 3.22. The Kier molecular flexibility index (Phi) is 4.57. The van der Waals surface area contributed by atoms with Gasteiger partial charge in [-0.1, -0.05) is 29.8 Å². The van der Waals surface area contributed by atoms with Crippen LogP contribution in [0.15, 0.2) is 54.2 Å². The third-order valence-corrected chi connectivity index (χ3v) is 4.06. The number of amides is 2. The van der Waals surface area contributed by atoms with E-state index in [4.69, 9.17) is 4.74 Å². The molecule has 0 bridgehead atoms. The van der Waals surface area contributed by atoms with E-state index in [1.54, 1.807) is 24.3 Å². The Morgan fingerprint density at radius 3 is 2.20 bits per heavy atom. The first-order valence-electron chi connectivity index (χ1n) is 8.15. The molecule has 1 aliphatic rings. The molecule has 5 nitrogen and oxygen atoms in total. The second-order valence-corrected chi connectivity index (χ2v) is 5.87. The van der Waals surface area contributed by atoms with Gasteiger partial charge in [-0.25, -0.2) is 0 Å². The predicted molar refractivity (Wildman–Crippen MR) is 97.1 cm³/mol. The number of hydrogen-bond acceptors (Lipinski definition) is 4. The molecule has 128 valence electrons. The van der Waals surface area contributed by atoms with Crippen molar-refractivity contribution in [3.05, 3.63) is 65.4 Å². The molecule has 2 aromatic rings. The molecule has 0 saturated heterocycles. The zero-order valence-electron chi connectivity index (χ0n) is 14.5. The van der Waals surface area contributed by atoms with Gasteiger partial charge in [-0.3, -0.25) is 14.5 Å². The number of rotatable bonds is 5. The van der Waals surface area contributed by atoms with Crippen LogP contribution in [0.25, 0.3) is 5.57 Å². The number of benzene rings is 2. The van der Waals surface area contributed by atoms with Crippen molar-refractivity contribution in [3.8, 4) is 5.75 Å². The first-order valence-corrected chi connectivity index (χ1v) is 8.15. The molecule has 0 atom stereocenters. The molecule has 2 aromatic carbocycles. The number of nitrogens with one attached hydrogen (secondary N) is 1. The van der Waals surface area contributed by atoms with Gasteiger partial charge in [0.1, 0.15) is 11.4 Å². The van der Waals surface area contributed by atoms with Gasteiger partial charge in [0.15, 0.2) is 0 Å². The Labute approximate surface area is 146 Å². The maximum atomic E-state index is 12.6. The molecule has 0 radical (unpaired) electrons. The highest BCUT2D eigenvalue weighted by atomic mass is 16.5. The molecule has 0 unspecified atom stereocenters. The Morgan fingerprint density at radius 2 is 1.60 bits per heavy atom. The van der Waals surface area contributed by atoms with Crippen LogP contribution >= 0.6 is 0 Å². The SMILES string of the molecule is CCOc1ccc(C2=C(Nc3ccc(C)cc3)C(=O)N(C)C2=O)cc1. The van der Waals surface area contributed by atoms with E-state index in [2.05, 4.69) is 5.32 Å². The highest BCUT2D eigenvalue weighted by Gasteiger charge is 2.36.